The van der Waals surface area contributed by atoms with Crippen LogP contribution in [0.3, 0.4) is 0 Å². The molecule has 0 spiro atoms. The fourth-order valence-corrected chi connectivity index (χ4v) is 0.638. The number of hydrogen-bond acceptors (Lipinski definition) is 3. The van der Waals surface area contributed by atoms with Crippen LogP contribution in [0.15, 0.2) is 24.5 Å². The van der Waals surface area contributed by atoms with Gasteiger partial charge in [0.15, 0.2) is 0 Å². The summed E-state index contributed by atoms with van der Waals surface area (Å²) in [5.74, 6) is -0.993. The van der Waals surface area contributed by atoms with Crippen LogP contribution in [-0.2, 0) is 14.3 Å². The van der Waals surface area contributed by atoms with Crippen molar-refractivity contribution in [2.45, 2.75) is 13.0 Å². The highest BCUT2D eigenvalue weighted by atomic mass is 16.5. The maximum atomic E-state index is 10.2. The Morgan fingerprint density at radius 2 is 2.31 bits per heavy atom. The minimum Gasteiger partial charge on any atom is -0.498 e. The van der Waals surface area contributed by atoms with Crippen molar-refractivity contribution in [3.8, 4) is 0 Å². The van der Waals surface area contributed by atoms with Crippen LogP contribution in [0.4, 0.5) is 0 Å². The van der Waals surface area contributed by atoms with Crippen molar-refractivity contribution in [1.29, 1.82) is 0 Å². The van der Waals surface area contributed by atoms with Gasteiger partial charge in [0.1, 0.15) is 12.7 Å². The lowest BCUT2D eigenvalue weighted by Crippen LogP contribution is -2.14. The summed E-state index contributed by atoms with van der Waals surface area (Å²) in [7, 11) is 1.50. The third kappa shape index (κ3) is 7.08. The molecule has 1 unspecified atom stereocenters. The molecule has 13 heavy (non-hydrogen) atoms. The molecule has 0 aliphatic carbocycles. The van der Waals surface area contributed by atoms with E-state index in [1.54, 1.807) is 6.08 Å². The number of carboxylic acid groups (broad SMARTS) is 1. The molecule has 0 aliphatic rings. The Morgan fingerprint density at radius 3 is 2.77 bits per heavy atom. The average molecular weight is 186 g/mol. The topological polar surface area (TPSA) is 55.8 Å². The van der Waals surface area contributed by atoms with E-state index in [-0.39, 0.29) is 6.10 Å². The Balaban J connectivity index is 3.82. The fourth-order valence-electron chi connectivity index (χ4n) is 0.638. The van der Waals surface area contributed by atoms with Gasteiger partial charge in [0, 0.05) is 13.2 Å². The Morgan fingerprint density at radius 1 is 1.62 bits per heavy atom. The Bertz CT molecular complexity index is 196. The number of methoxy groups -OCH3 is 1. The van der Waals surface area contributed by atoms with E-state index < -0.39 is 5.97 Å². The van der Waals surface area contributed by atoms with E-state index in [1.807, 2.05) is 6.92 Å². The Hall–Kier alpha value is -1.29. The van der Waals surface area contributed by atoms with Crippen LogP contribution >= 0.6 is 0 Å². The quantitative estimate of drug-likeness (QED) is 0.500. The van der Waals surface area contributed by atoms with Crippen molar-refractivity contribution in [2.75, 3.05) is 13.7 Å². The first-order chi connectivity index (χ1) is 6.20. The minimum atomic E-state index is -0.993. The van der Waals surface area contributed by atoms with Gasteiger partial charge in [-0.1, -0.05) is 6.08 Å². The predicted molar refractivity (Wildman–Crippen MR) is 48.3 cm³/mol. The van der Waals surface area contributed by atoms with Gasteiger partial charge < -0.3 is 14.6 Å². The molecule has 0 radical (unpaired) electrons. The second kappa shape index (κ2) is 7.36. The van der Waals surface area contributed by atoms with Crippen molar-refractivity contribution < 1.29 is 19.4 Å². The first-order valence-electron chi connectivity index (χ1n) is 3.87. The number of allylic oxidation sites excluding steroid dienone is 1. The van der Waals surface area contributed by atoms with Gasteiger partial charge in [0.05, 0.1) is 6.26 Å². The summed E-state index contributed by atoms with van der Waals surface area (Å²) in [6.07, 6.45) is 5.42. The smallest absolute Gasteiger partial charge is 0.328 e. The Labute approximate surface area is 77.5 Å². The number of carboxylic acids is 1. The van der Waals surface area contributed by atoms with Gasteiger partial charge in [0.25, 0.3) is 0 Å². The molecule has 0 heterocycles. The van der Waals surface area contributed by atoms with Crippen molar-refractivity contribution in [3.63, 3.8) is 0 Å². The molecule has 74 valence electrons. The summed E-state index contributed by atoms with van der Waals surface area (Å²) in [6, 6.07) is 0. The van der Waals surface area contributed by atoms with Crippen LogP contribution < -0.4 is 0 Å². The third-order valence-corrected chi connectivity index (χ3v) is 1.25. The first kappa shape index (κ1) is 11.7. The molecule has 0 aromatic carbocycles. The molecular formula is C9H14O4. The molecular weight excluding hydrogens is 172 g/mol. The zero-order valence-corrected chi connectivity index (χ0v) is 7.77. The molecule has 0 aliphatic heterocycles. The molecule has 0 saturated heterocycles. The van der Waals surface area contributed by atoms with Crippen LogP contribution in [-0.4, -0.2) is 30.9 Å². The van der Waals surface area contributed by atoms with E-state index in [9.17, 15) is 4.79 Å². The van der Waals surface area contributed by atoms with Crippen molar-refractivity contribution in [1.82, 2.24) is 0 Å². The number of rotatable bonds is 6. The minimum absolute atomic E-state index is 0.310. The van der Waals surface area contributed by atoms with Crippen LogP contribution in [0.1, 0.15) is 6.92 Å². The van der Waals surface area contributed by atoms with E-state index in [4.69, 9.17) is 14.6 Å². The number of ether oxygens (including phenoxy) is 2. The van der Waals surface area contributed by atoms with Gasteiger partial charge >= 0.3 is 5.97 Å². The van der Waals surface area contributed by atoms with Crippen LogP contribution in [0.25, 0.3) is 0 Å². The van der Waals surface area contributed by atoms with Crippen LogP contribution in [0.5, 0.6) is 0 Å². The molecule has 0 aromatic rings. The zero-order valence-electron chi connectivity index (χ0n) is 7.77. The lowest BCUT2D eigenvalue weighted by molar-refractivity contribution is -0.131. The lowest BCUT2D eigenvalue weighted by atomic mass is 10.3. The summed E-state index contributed by atoms with van der Waals surface area (Å²) in [4.78, 5) is 10.2. The summed E-state index contributed by atoms with van der Waals surface area (Å²) >= 11 is 0. The molecule has 0 aromatic heterocycles. The number of hydrogen-bond donors (Lipinski definition) is 1. The number of carbonyl (C=O) groups is 1. The SMILES string of the molecule is CC=COCC(C=CC(=O)O)OC. The molecule has 1 atom stereocenters. The Kier molecular flexibility index (Phi) is 6.63. The molecule has 4 heteroatoms. The second-order valence-electron chi connectivity index (χ2n) is 2.27. The maximum Gasteiger partial charge on any atom is 0.328 e. The first-order valence-corrected chi connectivity index (χ1v) is 3.87. The van der Waals surface area contributed by atoms with E-state index >= 15 is 0 Å². The van der Waals surface area contributed by atoms with Crippen molar-refractivity contribution in [3.05, 3.63) is 24.5 Å². The fraction of sp³-hybridized carbons (Fsp3) is 0.444. The number of aliphatic carboxylic acids is 1. The van der Waals surface area contributed by atoms with E-state index in [2.05, 4.69) is 0 Å². The van der Waals surface area contributed by atoms with Gasteiger partial charge in [-0.05, 0) is 13.0 Å². The molecule has 1 N–H and O–H groups in total. The largest absolute Gasteiger partial charge is 0.498 e. The zero-order chi connectivity index (χ0) is 10.1. The summed E-state index contributed by atoms with van der Waals surface area (Å²) in [6.45, 7) is 2.14. The molecule has 0 rings (SSSR count). The highest BCUT2D eigenvalue weighted by Crippen LogP contribution is 1.94. The van der Waals surface area contributed by atoms with E-state index in [1.165, 1.54) is 19.4 Å². The van der Waals surface area contributed by atoms with Gasteiger partial charge in [-0.2, -0.15) is 0 Å². The van der Waals surface area contributed by atoms with E-state index in [0.717, 1.165) is 6.08 Å². The molecule has 0 amide bonds. The standard InChI is InChI=1S/C9H14O4/c1-3-6-13-7-8(12-2)4-5-9(10)11/h3-6,8H,7H2,1-2H3,(H,10,11). The van der Waals surface area contributed by atoms with Crippen molar-refractivity contribution >= 4 is 5.97 Å². The summed E-state index contributed by atoms with van der Waals surface area (Å²) in [5, 5.41) is 8.33. The van der Waals surface area contributed by atoms with Crippen LogP contribution in [0.2, 0.25) is 0 Å². The van der Waals surface area contributed by atoms with Gasteiger partial charge in [-0.3, -0.25) is 0 Å². The lowest BCUT2D eigenvalue weighted by Gasteiger charge is -2.09. The monoisotopic (exact) mass is 186 g/mol. The molecule has 0 fully saturated rings. The molecule has 0 bridgehead atoms. The predicted octanol–water partition coefficient (Wildman–Crippen LogP) is 1.19. The van der Waals surface area contributed by atoms with Gasteiger partial charge in [-0.25, -0.2) is 4.79 Å². The molecule has 4 nitrogen and oxygen atoms in total. The molecule has 0 saturated carbocycles. The van der Waals surface area contributed by atoms with Gasteiger partial charge in [-0.15, -0.1) is 0 Å². The summed E-state index contributed by atoms with van der Waals surface area (Å²) < 4.78 is 9.96. The maximum absolute atomic E-state index is 10.2. The van der Waals surface area contributed by atoms with E-state index in [0.29, 0.717) is 6.61 Å². The average Bonchev–Trinajstić information content (AvgIpc) is 2.10. The second-order valence-corrected chi connectivity index (χ2v) is 2.27. The highest BCUT2D eigenvalue weighted by molar-refractivity contribution is 5.79. The highest BCUT2D eigenvalue weighted by Gasteiger charge is 2.02. The normalized spacial score (nSPS) is 13.7. The third-order valence-electron chi connectivity index (χ3n) is 1.25. The van der Waals surface area contributed by atoms with Crippen molar-refractivity contribution in [2.24, 2.45) is 0 Å². The summed E-state index contributed by atoms with van der Waals surface area (Å²) in [5.41, 5.74) is 0. The van der Waals surface area contributed by atoms with Gasteiger partial charge in [0.2, 0.25) is 0 Å². The van der Waals surface area contributed by atoms with Crippen LogP contribution in [0, 0.1) is 0 Å².